The zero-order valence-electron chi connectivity index (χ0n) is 12.6. The highest BCUT2D eigenvalue weighted by atomic mass is 35.5. The molecule has 0 radical (unpaired) electrons. The van der Waals surface area contributed by atoms with Crippen LogP contribution in [0.25, 0.3) is 0 Å². The third-order valence-corrected chi connectivity index (χ3v) is 5.12. The van der Waals surface area contributed by atoms with Crippen molar-refractivity contribution in [3.05, 3.63) is 80.6 Å². The van der Waals surface area contributed by atoms with Gasteiger partial charge in [-0.15, -0.1) is 0 Å². The monoisotopic (exact) mass is 344 g/mol. The molecule has 6 heteroatoms. The van der Waals surface area contributed by atoms with Gasteiger partial charge in [-0.1, -0.05) is 35.9 Å². The zero-order chi connectivity index (χ0) is 16.8. The molecular formula is C18H14ClFN2O2. The minimum Gasteiger partial charge on any atom is -0.376 e. The predicted octanol–water partition coefficient (Wildman–Crippen LogP) is 5.21. The van der Waals surface area contributed by atoms with E-state index in [-0.39, 0.29) is 29.4 Å². The van der Waals surface area contributed by atoms with Crippen molar-refractivity contribution in [1.29, 1.82) is 0 Å². The third-order valence-electron chi connectivity index (χ3n) is 4.82. The van der Waals surface area contributed by atoms with Gasteiger partial charge in [-0.3, -0.25) is 10.1 Å². The molecule has 4 rings (SSSR count). The number of anilines is 1. The van der Waals surface area contributed by atoms with Crippen molar-refractivity contribution >= 4 is 23.0 Å². The van der Waals surface area contributed by atoms with Gasteiger partial charge in [0.05, 0.1) is 21.7 Å². The highest BCUT2D eigenvalue weighted by molar-refractivity contribution is 6.33. The maximum Gasteiger partial charge on any atom is 0.271 e. The van der Waals surface area contributed by atoms with Crippen LogP contribution in [0.4, 0.5) is 15.8 Å². The van der Waals surface area contributed by atoms with Crippen LogP contribution in [0.1, 0.15) is 29.5 Å². The first-order chi connectivity index (χ1) is 11.5. The van der Waals surface area contributed by atoms with Crippen molar-refractivity contribution in [2.75, 3.05) is 5.32 Å². The molecule has 0 amide bonds. The molecule has 0 bridgehead atoms. The lowest BCUT2D eigenvalue weighted by molar-refractivity contribution is -0.384. The average Bonchev–Trinajstić information content (AvgIpc) is 3.04. The van der Waals surface area contributed by atoms with Crippen LogP contribution in [0.5, 0.6) is 0 Å². The Morgan fingerprint density at radius 3 is 2.88 bits per heavy atom. The SMILES string of the molecule is O=[N+]([O-])c1cc(Cl)c2c(c1)C1C=CCC1C(c1cccc(F)c1)N2. The lowest BCUT2D eigenvalue weighted by Crippen LogP contribution is -2.29. The maximum atomic E-state index is 13.6. The molecule has 0 saturated carbocycles. The van der Waals surface area contributed by atoms with E-state index >= 15 is 0 Å². The Balaban J connectivity index is 1.83. The van der Waals surface area contributed by atoms with Crippen molar-refractivity contribution in [3.63, 3.8) is 0 Å². The van der Waals surface area contributed by atoms with Crippen LogP contribution in [0.15, 0.2) is 48.6 Å². The Morgan fingerprint density at radius 2 is 2.12 bits per heavy atom. The molecule has 1 aliphatic carbocycles. The Morgan fingerprint density at radius 1 is 1.29 bits per heavy atom. The molecule has 2 aliphatic rings. The van der Waals surface area contributed by atoms with Crippen molar-refractivity contribution in [2.24, 2.45) is 5.92 Å². The number of nitrogens with zero attached hydrogens (tertiary/aromatic N) is 1. The quantitative estimate of drug-likeness (QED) is 0.462. The summed E-state index contributed by atoms with van der Waals surface area (Å²) in [5, 5.41) is 14.8. The molecule has 0 saturated heterocycles. The molecule has 24 heavy (non-hydrogen) atoms. The topological polar surface area (TPSA) is 55.2 Å². The maximum absolute atomic E-state index is 13.6. The second-order valence-corrected chi connectivity index (χ2v) is 6.59. The fourth-order valence-corrected chi connectivity index (χ4v) is 4.05. The summed E-state index contributed by atoms with van der Waals surface area (Å²) in [4.78, 5) is 10.7. The van der Waals surface area contributed by atoms with Crippen LogP contribution >= 0.6 is 11.6 Å². The van der Waals surface area contributed by atoms with Crippen LogP contribution < -0.4 is 5.32 Å². The summed E-state index contributed by atoms with van der Waals surface area (Å²) in [6, 6.07) is 9.38. The standard InChI is InChI=1S/C18H14ClFN2O2/c19-16-9-12(22(23)24)8-15-13-5-2-6-14(13)17(21-18(15)16)10-3-1-4-11(20)7-10/h1-5,7-9,13-14,17,21H,6H2. The Hall–Kier alpha value is -2.40. The number of nitro benzene ring substituents is 1. The van der Waals surface area contributed by atoms with Crippen LogP contribution in [0, 0.1) is 21.8 Å². The van der Waals surface area contributed by atoms with Crippen LogP contribution in [0.2, 0.25) is 5.02 Å². The smallest absolute Gasteiger partial charge is 0.271 e. The molecule has 0 aromatic heterocycles. The van der Waals surface area contributed by atoms with E-state index in [0.29, 0.717) is 10.7 Å². The summed E-state index contributed by atoms with van der Waals surface area (Å²) in [6.45, 7) is 0. The number of benzene rings is 2. The largest absolute Gasteiger partial charge is 0.376 e. The van der Waals surface area contributed by atoms with E-state index in [1.807, 2.05) is 6.07 Å². The second-order valence-electron chi connectivity index (χ2n) is 6.18. The van der Waals surface area contributed by atoms with Crippen molar-refractivity contribution in [2.45, 2.75) is 18.4 Å². The van der Waals surface area contributed by atoms with Crippen molar-refractivity contribution in [3.8, 4) is 0 Å². The summed E-state index contributed by atoms with van der Waals surface area (Å²) in [5.41, 5.74) is 2.38. The first-order valence-electron chi connectivity index (χ1n) is 7.71. The van der Waals surface area contributed by atoms with Gasteiger partial charge in [0.2, 0.25) is 0 Å². The van der Waals surface area contributed by atoms with Crippen LogP contribution in [-0.4, -0.2) is 4.92 Å². The number of allylic oxidation sites excluding steroid dienone is 2. The Kier molecular flexibility index (Phi) is 3.53. The average molecular weight is 345 g/mol. The summed E-state index contributed by atoms with van der Waals surface area (Å²) in [5.74, 6) is -0.0679. The number of non-ortho nitro benzene ring substituents is 1. The molecule has 4 nitrogen and oxygen atoms in total. The van der Waals surface area contributed by atoms with E-state index in [2.05, 4.69) is 17.5 Å². The van der Waals surface area contributed by atoms with Crippen LogP contribution in [0.3, 0.4) is 0 Å². The number of halogens is 2. The van der Waals surface area contributed by atoms with E-state index in [9.17, 15) is 14.5 Å². The Bertz CT molecular complexity index is 868. The first kappa shape index (κ1) is 15.1. The lowest BCUT2D eigenvalue weighted by atomic mass is 9.77. The number of hydrogen-bond donors (Lipinski definition) is 1. The predicted molar refractivity (Wildman–Crippen MR) is 90.9 cm³/mol. The van der Waals surface area contributed by atoms with Gasteiger partial charge in [-0.05, 0) is 35.6 Å². The number of nitrogens with one attached hydrogen (secondary N) is 1. The fourth-order valence-electron chi connectivity index (χ4n) is 3.78. The molecule has 3 atom stereocenters. The normalized spacial score (nSPS) is 24.2. The number of hydrogen-bond acceptors (Lipinski definition) is 3. The summed E-state index contributed by atoms with van der Waals surface area (Å²) in [6.07, 6.45) is 4.97. The summed E-state index contributed by atoms with van der Waals surface area (Å²) < 4.78 is 13.6. The van der Waals surface area contributed by atoms with Gasteiger partial charge in [0.1, 0.15) is 5.82 Å². The van der Waals surface area contributed by atoms with E-state index in [0.717, 1.165) is 17.5 Å². The lowest BCUT2D eigenvalue weighted by Gasteiger charge is -2.37. The van der Waals surface area contributed by atoms with E-state index < -0.39 is 4.92 Å². The molecule has 0 spiro atoms. The van der Waals surface area contributed by atoms with Gasteiger partial charge in [0.15, 0.2) is 0 Å². The van der Waals surface area contributed by atoms with Gasteiger partial charge in [0.25, 0.3) is 5.69 Å². The summed E-state index contributed by atoms with van der Waals surface area (Å²) >= 11 is 6.30. The molecule has 2 aromatic carbocycles. The molecular weight excluding hydrogens is 331 g/mol. The van der Waals surface area contributed by atoms with E-state index in [4.69, 9.17) is 11.6 Å². The van der Waals surface area contributed by atoms with Gasteiger partial charge < -0.3 is 5.32 Å². The third kappa shape index (κ3) is 2.36. The minimum absolute atomic E-state index is 0.0104. The number of nitro groups is 1. The Labute approximate surface area is 143 Å². The highest BCUT2D eigenvalue weighted by Gasteiger charge is 2.39. The zero-order valence-corrected chi connectivity index (χ0v) is 13.3. The van der Waals surface area contributed by atoms with Gasteiger partial charge in [-0.25, -0.2) is 4.39 Å². The number of fused-ring (bicyclic) bond motifs is 3. The molecule has 1 aliphatic heterocycles. The highest BCUT2D eigenvalue weighted by Crippen LogP contribution is 2.52. The summed E-state index contributed by atoms with van der Waals surface area (Å²) in [7, 11) is 0. The second kappa shape index (κ2) is 5.60. The van der Waals surface area contributed by atoms with E-state index in [1.165, 1.54) is 18.2 Å². The first-order valence-corrected chi connectivity index (χ1v) is 8.09. The fraction of sp³-hybridized carbons (Fsp3) is 0.222. The van der Waals surface area contributed by atoms with Gasteiger partial charge in [-0.2, -0.15) is 0 Å². The van der Waals surface area contributed by atoms with Crippen LogP contribution in [-0.2, 0) is 0 Å². The van der Waals surface area contributed by atoms with E-state index in [1.54, 1.807) is 12.1 Å². The molecule has 0 fully saturated rings. The molecule has 2 aromatic rings. The molecule has 1 N–H and O–H groups in total. The van der Waals surface area contributed by atoms with Gasteiger partial charge >= 0.3 is 0 Å². The number of rotatable bonds is 2. The molecule has 122 valence electrons. The minimum atomic E-state index is -0.432. The van der Waals surface area contributed by atoms with Gasteiger partial charge in [0, 0.05) is 18.1 Å². The van der Waals surface area contributed by atoms with Crippen molar-refractivity contribution < 1.29 is 9.31 Å². The molecule has 3 unspecified atom stereocenters. The molecule has 1 heterocycles. The van der Waals surface area contributed by atoms with Crippen molar-refractivity contribution in [1.82, 2.24) is 0 Å².